The van der Waals surface area contributed by atoms with Crippen LogP contribution in [-0.4, -0.2) is 27.1 Å². The molecule has 1 unspecified atom stereocenters. The molecule has 2 heterocycles. The van der Waals surface area contributed by atoms with E-state index in [0.717, 1.165) is 21.3 Å². The molecule has 1 aliphatic heterocycles. The summed E-state index contributed by atoms with van der Waals surface area (Å²) in [5, 5.41) is 4.13. The van der Waals surface area contributed by atoms with E-state index >= 15 is 0 Å². The van der Waals surface area contributed by atoms with Crippen LogP contribution >= 0.6 is 15.9 Å². The fraction of sp³-hybridized carbons (Fsp3) is 0.318. The van der Waals surface area contributed by atoms with Crippen LogP contribution in [0.4, 0.5) is 0 Å². The first-order valence-corrected chi connectivity index (χ1v) is 10.4. The predicted octanol–water partition coefficient (Wildman–Crippen LogP) is 5.15. The molecule has 0 radical (unpaired) electrons. The monoisotopic (exact) mass is 455 g/mol. The zero-order chi connectivity index (χ0) is 20.4. The van der Waals surface area contributed by atoms with Crippen molar-refractivity contribution in [1.29, 1.82) is 0 Å². The van der Waals surface area contributed by atoms with Crippen LogP contribution in [0.5, 0.6) is 5.75 Å². The van der Waals surface area contributed by atoms with Crippen molar-refractivity contribution in [1.82, 2.24) is 15.0 Å². The average Bonchev–Trinajstić information content (AvgIpc) is 3.30. The molecule has 29 heavy (non-hydrogen) atoms. The number of hydrogen-bond donors (Lipinski definition) is 0. The lowest BCUT2D eigenvalue weighted by Crippen LogP contribution is -2.27. The van der Waals surface area contributed by atoms with Crippen molar-refractivity contribution in [2.75, 3.05) is 0 Å². The smallest absolute Gasteiger partial charge is 0.249 e. The molecule has 0 N–H and O–H groups in total. The zero-order valence-electron chi connectivity index (χ0n) is 16.3. The van der Waals surface area contributed by atoms with Gasteiger partial charge in [0, 0.05) is 23.0 Å². The maximum absolute atomic E-state index is 12.5. The van der Waals surface area contributed by atoms with E-state index in [0.29, 0.717) is 31.1 Å². The van der Waals surface area contributed by atoms with E-state index in [1.807, 2.05) is 67.3 Å². The van der Waals surface area contributed by atoms with Gasteiger partial charge in [-0.2, -0.15) is 4.98 Å². The molecule has 7 heteroatoms. The van der Waals surface area contributed by atoms with E-state index in [9.17, 15) is 4.79 Å². The van der Waals surface area contributed by atoms with E-state index < -0.39 is 0 Å². The predicted molar refractivity (Wildman–Crippen MR) is 112 cm³/mol. The highest BCUT2D eigenvalue weighted by atomic mass is 79.9. The lowest BCUT2D eigenvalue weighted by molar-refractivity contribution is -0.129. The summed E-state index contributed by atoms with van der Waals surface area (Å²) in [7, 11) is 0. The Morgan fingerprint density at radius 1 is 1.24 bits per heavy atom. The van der Waals surface area contributed by atoms with Crippen molar-refractivity contribution >= 4 is 21.8 Å². The SMILES string of the molecule is CC(C)Oc1ccc(-c2noc(C3CCC(=O)N3Cc3cccc(Br)c3)n2)cc1. The summed E-state index contributed by atoms with van der Waals surface area (Å²) in [4.78, 5) is 18.9. The molecule has 1 fully saturated rings. The molecule has 0 aliphatic carbocycles. The minimum Gasteiger partial charge on any atom is -0.491 e. The first-order valence-electron chi connectivity index (χ1n) is 9.64. The minimum atomic E-state index is -0.203. The summed E-state index contributed by atoms with van der Waals surface area (Å²) in [5.41, 5.74) is 1.90. The van der Waals surface area contributed by atoms with Crippen LogP contribution in [-0.2, 0) is 11.3 Å². The molecular formula is C22H22BrN3O3. The first-order chi connectivity index (χ1) is 14.0. The molecule has 150 valence electrons. The van der Waals surface area contributed by atoms with Crippen LogP contribution < -0.4 is 4.74 Å². The third kappa shape index (κ3) is 4.50. The molecule has 1 atom stereocenters. The Hall–Kier alpha value is -2.67. The van der Waals surface area contributed by atoms with Crippen molar-refractivity contribution in [3.8, 4) is 17.1 Å². The van der Waals surface area contributed by atoms with Gasteiger partial charge in [-0.15, -0.1) is 0 Å². The molecule has 1 amide bonds. The Kier molecular flexibility index (Phi) is 5.67. The molecule has 0 bridgehead atoms. The highest BCUT2D eigenvalue weighted by molar-refractivity contribution is 9.10. The molecular weight excluding hydrogens is 434 g/mol. The maximum Gasteiger partial charge on any atom is 0.249 e. The summed E-state index contributed by atoms with van der Waals surface area (Å²) in [6.07, 6.45) is 1.28. The van der Waals surface area contributed by atoms with Gasteiger partial charge in [-0.05, 0) is 62.2 Å². The normalized spacial score (nSPS) is 16.6. The Labute approximate surface area is 178 Å². The number of carbonyl (C=O) groups excluding carboxylic acids is 1. The summed E-state index contributed by atoms with van der Waals surface area (Å²) in [5.74, 6) is 1.89. The van der Waals surface area contributed by atoms with Gasteiger partial charge in [-0.1, -0.05) is 33.2 Å². The van der Waals surface area contributed by atoms with Gasteiger partial charge < -0.3 is 14.2 Å². The van der Waals surface area contributed by atoms with Gasteiger partial charge in [-0.3, -0.25) is 4.79 Å². The van der Waals surface area contributed by atoms with E-state index in [-0.39, 0.29) is 18.1 Å². The van der Waals surface area contributed by atoms with E-state index in [4.69, 9.17) is 9.26 Å². The molecule has 6 nitrogen and oxygen atoms in total. The highest BCUT2D eigenvalue weighted by Gasteiger charge is 2.36. The molecule has 4 rings (SSSR count). The Morgan fingerprint density at radius 3 is 2.76 bits per heavy atom. The van der Waals surface area contributed by atoms with E-state index in [2.05, 4.69) is 26.1 Å². The van der Waals surface area contributed by atoms with Crippen molar-refractivity contribution in [3.63, 3.8) is 0 Å². The third-order valence-corrected chi connectivity index (χ3v) is 5.27. The van der Waals surface area contributed by atoms with Crippen molar-refractivity contribution < 1.29 is 14.1 Å². The fourth-order valence-corrected chi connectivity index (χ4v) is 3.91. The molecule has 3 aromatic rings. The highest BCUT2D eigenvalue weighted by Crippen LogP contribution is 2.34. The summed E-state index contributed by atoms with van der Waals surface area (Å²) in [6, 6.07) is 15.4. The second-order valence-corrected chi connectivity index (χ2v) is 8.27. The number of aromatic nitrogens is 2. The van der Waals surface area contributed by atoms with Gasteiger partial charge in [0.2, 0.25) is 17.6 Å². The lowest BCUT2D eigenvalue weighted by Gasteiger charge is -2.22. The summed E-state index contributed by atoms with van der Waals surface area (Å²) in [6.45, 7) is 4.49. The lowest BCUT2D eigenvalue weighted by atomic mass is 10.1. The number of nitrogens with zero attached hydrogens (tertiary/aromatic N) is 3. The van der Waals surface area contributed by atoms with Crippen molar-refractivity contribution in [2.24, 2.45) is 0 Å². The second kappa shape index (κ2) is 8.37. The molecule has 0 saturated carbocycles. The van der Waals surface area contributed by atoms with Crippen LogP contribution in [0, 0.1) is 0 Å². The van der Waals surface area contributed by atoms with Crippen LogP contribution in [0.15, 0.2) is 57.5 Å². The minimum absolute atomic E-state index is 0.102. The number of rotatable bonds is 6. The summed E-state index contributed by atoms with van der Waals surface area (Å²) >= 11 is 3.48. The molecule has 1 aliphatic rings. The second-order valence-electron chi connectivity index (χ2n) is 7.35. The number of ether oxygens (including phenoxy) is 1. The number of benzene rings is 2. The quantitative estimate of drug-likeness (QED) is 0.513. The van der Waals surface area contributed by atoms with Crippen LogP contribution in [0.1, 0.15) is 44.2 Å². The van der Waals surface area contributed by atoms with Crippen LogP contribution in [0.3, 0.4) is 0 Å². The van der Waals surface area contributed by atoms with Gasteiger partial charge in [0.05, 0.1) is 6.10 Å². The summed E-state index contributed by atoms with van der Waals surface area (Å²) < 4.78 is 12.2. The van der Waals surface area contributed by atoms with Crippen molar-refractivity contribution in [3.05, 3.63) is 64.5 Å². The largest absolute Gasteiger partial charge is 0.491 e. The van der Waals surface area contributed by atoms with Gasteiger partial charge in [0.1, 0.15) is 11.8 Å². The van der Waals surface area contributed by atoms with Crippen LogP contribution in [0.25, 0.3) is 11.4 Å². The number of carbonyl (C=O) groups is 1. The van der Waals surface area contributed by atoms with Gasteiger partial charge in [0.25, 0.3) is 0 Å². The topological polar surface area (TPSA) is 68.5 Å². The Bertz CT molecular complexity index is 1000. The van der Waals surface area contributed by atoms with Crippen molar-refractivity contribution in [2.45, 2.75) is 45.4 Å². The molecule has 1 saturated heterocycles. The number of amides is 1. The van der Waals surface area contributed by atoms with Crippen LogP contribution in [0.2, 0.25) is 0 Å². The number of hydrogen-bond acceptors (Lipinski definition) is 5. The van der Waals surface area contributed by atoms with Gasteiger partial charge in [0.15, 0.2) is 0 Å². The van der Waals surface area contributed by atoms with Gasteiger partial charge >= 0.3 is 0 Å². The van der Waals surface area contributed by atoms with E-state index in [1.165, 1.54) is 0 Å². The molecule has 2 aromatic carbocycles. The standard InChI is InChI=1S/C22H22BrN3O3/c1-14(2)28-18-8-6-16(7-9-18)21-24-22(29-25-21)19-10-11-20(27)26(19)13-15-4-3-5-17(23)12-15/h3-9,12,14,19H,10-11,13H2,1-2H3. The van der Waals surface area contributed by atoms with Gasteiger partial charge in [-0.25, -0.2) is 0 Å². The molecule has 0 spiro atoms. The zero-order valence-corrected chi connectivity index (χ0v) is 17.9. The third-order valence-electron chi connectivity index (χ3n) is 4.78. The number of halogens is 1. The fourth-order valence-electron chi connectivity index (χ4n) is 3.46. The molecule has 1 aromatic heterocycles. The maximum atomic E-state index is 12.5. The Morgan fingerprint density at radius 2 is 2.03 bits per heavy atom. The number of likely N-dealkylation sites (tertiary alicyclic amines) is 1. The average molecular weight is 456 g/mol. The first kappa shape index (κ1) is 19.6. The van der Waals surface area contributed by atoms with E-state index in [1.54, 1.807) is 0 Å². The Balaban J connectivity index is 1.52.